The molecular weight excluding hydrogens is 164 g/mol. The van der Waals surface area contributed by atoms with Crippen molar-refractivity contribution in [2.24, 2.45) is 5.73 Å². The maximum Gasteiger partial charge on any atom is 0.153 e. The minimum atomic E-state index is -0.333. The van der Waals surface area contributed by atoms with Crippen LogP contribution in [0.4, 0.5) is 0 Å². The summed E-state index contributed by atoms with van der Waals surface area (Å²) in [7, 11) is 0. The van der Waals surface area contributed by atoms with Gasteiger partial charge in [0.1, 0.15) is 0 Å². The van der Waals surface area contributed by atoms with Gasteiger partial charge in [-0.1, -0.05) is 13.0 Å². The summed E-state index contributed by atoms with van der Waals surface area (Å²) in [5.41, 5.74) is 6.52. The summed E-state index contributed by atoms with van der Waals surface area (Å²) >= 11 is 0. The molecule has 3 heteroatoms. The topological polar surface area (TPSA) is 56.0 Å². The average molecular weight is 178 g/mol. The minimum Gasteiger partial charge on any atom is -0.322 e. The van der Waals surface area contributed by atoms with Gasteiger partial charge in [-0.3, -0.25) is 9.78 Å². The van der Waals surface area contributed by atoms with Crippen molar-refractivity contribution in [3.8, 4) is 0 Å². The lowest BCUT2D eigenvalue weighted by atomic mass is 10.0. The van der Waals surface area contributed by atoms with Gasteiger partial charge in [-0.25, -0.2) is 0 Å². The van der Waals surface area contributed by atoms with Crippen molar-refractivity contribution < 1.29 is 4.79 Å². The monoisotopic (exact) mass is 178 g/mol. The van der Waals surface area contributed by atoms with Gasteiger partial charge in [0, 0.05) is 18.8 Å². The predicted octanol–water partition coefficient (Wildman–Crippen LogP) is 0.930. The highest BCUT2D eigenvalue weighted by Gasteiger charge is 2.11. The first-order valence-electron chi connectivity index (χ1n) is 4.41. The Hall–Kier alpha value is -1.22. The maximum atomic E-state index is 11.4. The van der Waals surface area contributed by atoms with Crippen molar-refractivity contribution in [2.75, 3.05) is 0 Å². The summed E-state index contributed by atoms with van der Waals surface area (Å²) in [6, 6.07) is 3.37. The van der Waals surface area contributed by atoms with Crippen LogP contribution in [-0.2, 0) is 11.2 Å². The van der Waals surface area contributed by atoms with E-state index in [4.69, 9.17) is 5.73 Å². The van der Waals surface area contributed by atoms with Crippen molar-refractivity contribution in [2.45, 2.75) is 25.8 Å². The Bertz CT molecular complexity index is 272. The first kappa shape index (κ1) is 9.86. The van der Waals surface area contributed by atoms with Crippen LogP contribution in [0.15, 0.2) is 24.5 Å². The second-order valence-electron chi connectivity index (χ2n) is 3.02. The molecule has 0 radical (unpaired) electrons. The van der Waals surface area contributed by atoms with E-state index in [-0.39, 0.29) is 11.8 Å². The number of aromatic nitrogens is 1. The lowest BCUT2D eigenvalue weighted by molar-refractivity contribution is -0.119. The Labute approximate surface area is 78.0 Å². The normalized spacial score (nSPS) is 12.5. The summed E-state index contributed by atoms with van der Waals surface area (Å²) in [5.74, 6) is 0.0792. The minimum absolute atomic E-state index is 0.0792. The molecule has 1 aromatic rings. The molecule has 0 aliphatic heterocycles. The molecule has 70 valence electrons. The number of Topliss-reactive ketones (excluding diaryl/α,β-unsaturated/α-hetero) is 1. The fourth-order valence-electron chi connectivity index (χ4n) is 1.06. The number of nitrogens with zero attached hydrogens (tertiary/aromatic N) is 1. The molecule has 0 spiro atoms. The number of pyridine rings is 1. The van der Waals surface area contributed by atoms with Crippen LogP contribution in [0.5, 0.6) is 0 Å². The third-order valence-corrected chi connectivity index (χ3v) is 1.95. The van der Waals surface area contributed by atoms with E-state index in [0.29, 0.717) is 12.8 Å². The van der Waals surface area contributed by atoms with Gasteiger partial charge in [0.25, 0.3) is 0 Å². The molecule has 0 aromatic carbocycles. The van der Waals surface area contributed by atoms with Gasteiger partial charge in [-0.15, -0.1) is 0 Å². The van der Waals surface area contributed by atoms with Gasteiger partial charge in [0.05, 0.1) is 6.04 Å². The Morgan fingerprint density at radius 2 is 2.46 bits per heavy atom. The molecule has 3 nitrogen and oxygen atoms in total. The van der Waals surface area contributed by atoms with E-state index < -0.39 is 0 Å². The molecule has 0 saturated heterocycles. The molecule has 0 bridgehead atoms. The Kier molecular flexibility index (Phi) is 3.58. The van der Waals surface area contributed by atoms with Crippen LogP contribution in [0.2, 0.25) is 0 Å². The summed E-state index contributed by atoms with van der Waals surface area (Å²) < 4.78 is 0. The van der Waals surface area contributed by atoms with Crippen molar-refractivity contribution in [1.82, 2.24) is 4.98 Å². The molecular formula is C10H14N2O. The third kappa shape index (κ3) is 2.95. The van der Waals surface area contributed by atoms with Crippen LogP contribution in [0.3, 0.4) is 0 Å². The fourth-order valence-corrected chi connectivity index (χ4v) is 1.06. The van der Waals surface area contributed by atoms with Gasteiger partial charge < -0.3 is 5.73 Å². The summed E-state index contributed by atoms with van der Waals surface area (Å²) in [6.07, 6.45) is 4.47. The van der Waals surface area contributed by atoms with Gasteiger partial charge in [-0.05, 0) is 18.1 Å². The van der Waals surface area contributed by atoms with Crippen LogP contribution in [0.1, 0.15) is 18.9 Å². The Balaban J connectivity index is 2.55. The highest BCUT2D eigenvalue weighted by Crippen LogP contribution is 2.00. The first-order chi connectivity index (χ1) is 6.24. The molecule has 1 rings (SSSR count). The molecule has 0 amide bonds. The number of nitrogens with two attached hydrogens (primary N) is 1. The first-order valence-corrected chi connectivity index (χ1v) is 4.41. The molecule has 0 fully saturated rings. The van der Waals surface area contributed by atoms with Crippen molar-refractivity contribution in [3.05, 3.63) is 30.1 Å². The summed E-state index contributed by atoms with van der Waals surface area (Å²) in [5, 5.41) is 0. The van der Waals surface area contributed by atoms with Gasteiger partial charge in [0.15, 0.2) is 5.78 Å². The molecule has 0 saturated carbocycles. The molecule has 1 atom stereocenters. The number of ketones is 1. The van der Waals surface area contributed by atoms with Crippen LogP contribution >= 0.6 is 0 Å². The second-order valence-corrected chi connectivity index (χ2v) is 3.02. The van der Waals surface area contributed by atoms with Gasteiger partial charge >= 0.3 is 0 Å². The lowest BCUT2D eigenvalue weighted by Gasteiger charge is -2.06. The van der Waals surface area contributed by atoms with Crippen molar-refractivity contribution in [1.29, 1.82) is 0 Å². The predicted molar refractivity (Wildman–Crippen MR) is 51.2 cm³/mol. The van der Waals surface area contributed by atoms with Gasteiger partial charge in [-0.2, -0.15) is 0 Å². The highest BCUT2D eigenvalue weighted by atomic mass is 16.1. The Morgan fingerprint density at radius 3 is 3.00 bits per heavy atom. The molecule has 1 aromatic heterocycles. The van der Waals surface area contributed by atoms with Crippen LogP contribution in [-0.4, -0.2) is 16.8 Å². The van der Waals surface area contributed by atoms with E-state index in [1.54, 1.807) is 12.4 Å². The SMILES string of the molecule is CCC(N)C(=O)Cc1cccnc1. The van der Waals surface area contributed by atoms with E-state index in [1.165, 1.54) is 0 Å². The van der Waals surface area contributed by atoms with Crippen molar-refractivity contribution >= 4 is 5.78 Å². The van der Waals surface area contributed by atoms with E-state index >= 15 is 0 Å². The average Bonchev–Trinajstić information content (AvgIpc) is 2.18. The summed E-state index contributed by atoms with van der Waals surface area (Å²) in [4.78, 5) is 15.3. The van der Waals surface area contributed by atoms with Crippen molar-refractivity contribution in [3.63, 3.8) is 0 Å². The molecule has 0 aliphatic carbocycles. The zero-order chi connectivity index (χ0) is 9.68. The zero-order valence-electron chi connectivity index (χ0n) is 7.73. The quantitative estimate of drug-likeness (QED) is 0.746. The van der Waals surface area contributed by atoms with Gasteiger partial charge in [0.2, 0.25) is 0 Å². The second kappa shape index (κ2) is 4.72. The zero-order valence-corrected chi connectivity index (χ0v) is 7.73. The molecule has 0 aliphatic rings. The van der Waals surface area contributed by atoms with E-state index in [0.717, 1.165) is 5.56 Å². The number of carbonyl (C=O) groups is 1. The number of hydrogen-bond donors (Lipinski definition) is 1. The molecule has 1 heterocycles. The summed E-state index contributed by atoms with van der Waals surface area (Å²) in [6.45, 7) is 1.91. The third-order valence-electron chi connectivity index (χ3n) is 1.95. The van der Waals surface area contributed by atoms with Crippen LogP contribution in [0, 0.1) is 0 Å². The number of hydrogen-bond acceptors (Lipinski definition) is 3. The highest BCUT2D eigenvalue weighted by molar-refractivity contribution is 5.85. The fraction of sp³-hybridized carbons (Fsp3) is 0.400. The standard InChI is InChI=1S/C10H14N2O/c1-2-9(11)10(13)6-8-4-3-5-12-7-8/h3-5,7,9H,2,6,11H2,1H3. The van der Waals surface area contributed by atoms with E-state index in [9.17, 15) is 4.79 Å². The van der Waals surface area contributed by atoms with Crippen LogP contribution < -0.4 is 5.73 Å². The molecule has 1 unspecified atom stereocenters. The van der Waals surface area contributed by atoms with E-state index in [1.807, 2.05) is 19.1 Å². The number of rotatable bonds is 4. The molecule has 13 heavy (non-hydrogen) atoms. The van der Waals surface area contributed by atoms with E-state index in [2.05, 4.69) is 4.98 Å². The maximum absolute atomic E-state index is 11.4. The lowest BCUT2D eigenvalue weighted by Crippen LogP contribution is -2.30. The number of carbonyl (C=O) groups excluding carboxylic acids is 1. The smallest absolute Gasteiger partial charge is 0.153 e. The van der Waals surface area contributed by atoms with Crippen LogP contribution in [0.25, 0.3) is 0 Å². The largest absolute Gasteiger partial charge is 0.322 e. The Morgan fingerprint density at radius 1 is 1.69 bits per heavy atom. The molecule has 2 N–H and O–H groups in total.